The molecule has 1 aliphatic heterocycles. The zero-order valence-electron chi connectivity index (χ0n) is 27.1. The molecule has 3 aromatic rings. The summed E-state index contributed by atoms with van der Waals surface area (Å²) in [4.78, 5) is 49.2. The van der Waals surface area contributed by atoms with Gasteiger partial charge in [-0.25, -0.2) is 19.8 Å². The van der Waals surface area contributed by atoms with Crippen LogP contribution in [0.2, 0.25) is 0 Å². The van der Waals surface area contributed by atoms with E-state index >= 15 is 0 Å². The van der Waals surface area contributed by atoms with Crippen molar-refractivity contribution < 1.29 is 42.9 Å². The van der Waals surface area contributed by atoms with Crippen molar-refractivity contribution in [2.75, 3.05) is 26.9 Å². The van der Waals surface area contributed by atoms with Gasteiger partial charge in [0, 0.05) is 5.70 Å². The zero-order valence-corrected chi connectivity index (χ0v) is 30.2. The second kappa shape index (κ2) is 17.5. The van der Waals surface area contributed by atoms with Gasteiger partial charge in [0.15, 0.2) is 18.1 Å². The summed E-state index contributed by atoms with van der Waals surface area (Å²) in [6.07, 6.45) is 1.46. The van der Waals surface area contributed by atoms with Crippen molar-refractivity contribution in [2.24, 2.45) is 5.10 Å². The maximum Gasteiger partial charge on any atom is 0.338 e. The van der Waals surface area contributed by atoms with Gasteiger partial charge in [0.1, 0.15) is 12.4 Å². The molecule has 0 aliphatic carbocycles. The Morgan fingerprint density at radius 1 is 0.918 bits per heavy atom. The Hall–Kier alpha value is -4.89. The predicted molar refractivity (Wildman–Crippen MR) is 187 cm³/mol. The predicted octanol–water partition coefficient (Wildman–Crippen LogP) is 5.70. The van der Waals surface area contributed by atoms with Crippen LogP contribution >= 0.6 is 31.9 Å². The van der Waals surface area contributed by atoms with Gasteiger partial charge in [-0.15, -0.1) is 0 Å². The van der Waals surface area contributed by atoms with E-state index in [0.717, 1.165) is 5.56 Å². The van der Waals surface area contributed by atoms with Crippen LogP contribution in [0, 0.1) is 0 Å². The molecule has 0 saturated carbocycles. The number of nitrogens with one attached hydrogen (secondary N) is 3. The first-order valence-electron chi connectivity index (χ1n) is 15.0. The van der Waals surface area contributed by atoms with Crippen molar-refractivity contribution in [1.29, 1.82) is 0 Å². The first-order chi connectivity index (χ1) is 23.5. The van der Waals surface area contributed by atoms with E-state index in [1.165, 1.54) is 13.3 Å². The number of esters is 2. The van der Waals surface area contributed by atoms with Gasteiger partial charge < -0.3 is 34.3 Å². The van der Waals surface area contributed by atoms with E-state index < -0.39 is 23.9 Å². The average molecular weight is 802 g/mol. The largest absolute Gasteiger partial charge is 0.493 e. The minimum absolute atomic E-state index is 0.174. The molecule has 0 aromatic heterocycles. The van der Waals surface area contributed by atoms with E-state index in [4.69, 9.17) is 23.7 Å². The third-order valence-corrected chi connectivity index (χ3v) is 8.09. The van der Waals surface area contributed by atoms with Crippen LogP contribution in [0.5, 0.6) is 17.2 Å². The third-order valence-electron chi connectivity index (χ3n) is 6.92. The Balaban J connectivity index is 1.33. The standard InChI is InChI=1S/C34H34Br2N4O9/c1-5-46-32(42)22-9-7-20(8-10-22)17-49-31-24(35)13-21(14-25(31)36)16-37-40-28(41)18-48-26-12-11-23(15-27(26)45-4)30-29(33(43)47-6-2)19(3)38-34(44)39-30/h7-16,30H,5-6,17-18H2,1-4H3,(H,40,41)(H2,38,39,44)/b37-16+/t30-/m1/s1. The number of halogens is 2. The number of methoxy groups -OCH3 is 1. The number of ether oxygens (including phenoxy) is 5. The Kier molecular flexibility index (Phi) is 13.2. The summed E-state index contributed by atoms with van der Waals surface area (Å²) >= 11 is 7.02. The Bertz CT molecular complexity index is 1750. The lowest BCUT2D eigenvalue weighted by molar-refractivity contribution is -0.139. The second-order valence-corrected chi connectivity index (χ2v) is 12.0. The molecule has 0 bridgehead atoms. The van der Waals surface area contributed by atoms with Crippen molar-refractivity contribution >= 4 is 62.0 Å². The van der Waals surface area contributed by atoms with Gasteiger partial charge in [-0.2, -0.15) is 5.10 Å². The molecule has 0 fully saturated rings. The normalized spacial score (nSPS) is 14.1. The summed E-state index contributed by atoms with van der Waals surface area (Å²) in [5.74, 6) is -0.346. The molecule has 0 saturated heterocycles. The Morgan fingerprint density at radius 2 is 1.59 bits per heavy atom. The van der Waals surface area contributed by atoms with Crippen molar-refractivity contribution in [1.82, 2.24) is 16.1 Å². The molecule has 1 atom stereocenters. The highest BCUT2D eigenvalue weighted by atomic mass is 79.9. The van der Waals surface area contributed by atoms with Crippen LogP contribution in [0.1, 0.15) is 53.9 Å². The fourth-order valence-corrected chi connectivity index (χ4v) is 6.11. The van der Waals surface area contributed by atoms with E-state index in [1.54, 1.807) is 75.4 Å². The lowest BCUT2D eigenvalue weighted by atomic mass is 9.95. The van der Waals surface area contributed by atoms with Gasteiger partial charge in [-0.05, 0) is 106 Å². The van der Waals surface area contributed by atoms with Crippen molar-refractivity contribution in [3.63, 3.8) is 0 Å². The van der Waals surface area contributed by atoms with Gasteiger partial charge in [0.2, 0.25) is 0 Å². The fourth-order valence-electron chi connectivity index (χ4n) is 4.66. The SMILES string of the molecule is CCOC(=O)C1=C(C)NC(=O)N[C@@H]1c1ccc(OCC(=O)N/N=C/c2cc(Br)c(OCc3ccc(C(=O)OCC)cc3)c(Br)c2)c(OC)c1. The zero-order chi connectivity index (χ0) is 35.5. The molecule has 0 radical (unpaired) electrons. The number of allylic oxidation sites excluding steroid dienone is 1. The van der Waals surface area contributed by atoms with Crippen molar-refractivity contribution in [3.05, 3.63) is 97.1 Å². The number of amides is 3. The first-order valence-corrected chi connectivity index (χ1v) is 16.6. The Morgan fingerprint density at radius 3 is 2.24 bits per heavy atom. The molecule has 15 heteroatoms. The number of carbonyl (C=O) groups is 4. The van der Waals surface area contributed by atoms with E-state index in [1.807, 2.05) is 0 Å². The highest BCUT2D eigenvalue weighted by molar-refractivity contribution is 9.11. The molecule has 3 aromatic carbocycles. The summed E-state index contributed by atoms with van der Waals surface area (Å²) in [6.45, 7) is 5.44. The summed E-state index contributed by atoms with van der Waals surface area (Å²) in [5.41, 5.74) is 5.60. The number of rotatable bonds is 14. The number of hydrazone groups is 1. The number of benzene rings is 3. The molecular formula is C34H34Br2N4O9. The average Bonchev–Trinajstić information content (AvgIpc) is 3.07. The molecule has 0 unspecified atom stereocenters. The second-order valence-electron chi connectivity index (χ2n) is 10.3. The first kappa shape index (κ1) is 36.9. The molecule has 0 spiro atoms. The lowest BCUT2D eigenvalue weighted by Crippen LogP contribution is -2.45. The molecule has 13 nitrogen and oxygen atoms in total. The molecule has 3 amide bonds. The molecule has 258 valence electrons. The summed E-state index contributed by atoms with van der Waals surface area (Å²) < 4.78 is 28.6. The maximum atomic E-state index is 12.6. The highest BCUT2D eigenvalue weighted by Gasteiger charge is 2.32. The Labute approximate surface area is 299 Å². The van der Waals surface area contributed by atoms with Crippen LogP contribution in [-0.2, 0) is 25.7 Å². The topological polar surface area (TPSA) is 163 Å². The minimum Gasteiger partial charge on any atom is -0.493 e. The van der Waals surface area contributed by atoms with E-state index in [0.29, 0.717) is 43.7 Å². The van der Waals surface area contributed by atoms with Gasteiger partial charge >= 0.3 is 18.0 Å². The molecule has 49 heavy (non-hydrogen) atoms. The summed E-state index contributed by atoms with van der Waals surface area (Å²) in [5, 5.41) is 9.34. The molecular weight excluding hydrogens is 768 g/mol. The van der Waals surface area contributed by atoms with E-state index in [-0.39, 0.29) is 42.9 Å². The van der Waals surface area contributed by atoms with Crippen molar-refractivity contribution in [3.8, 4) is 17.2 Å². The van der Waals surface area contributed by atoms with Gasteiger partial charge in [-0.1, -0.05) is 18.2 Å². The van der Waals surface area contributed by atoms with Gasteiger partial charge in [-0.3, -0.25) is 4.79 Å². The highest BCUT2D eigenvalue weighted by Crippen LogP contribution is 2.36. The number of hydrogen-bond donors (Lipinski definition) is 3. The number of carbonyl (C=O) groups excluding carboxylic acids is 4. The van der Waals surface area contributed by atoms with Crippen LogP contribution in [0.4, 0.5) is 4.79 Å². The number of urea groups is 1. The number of hydrogen-bond acceptors (Lipinski definition) is 10. The van der Waals surface area contributed by atoms with E-state index in [2.05, 4.69) is 53.0 Å². The fraction of sp³-hybridized carbons (Fsp3) is 0.265. The quantitative estimate of drug-likeness (QED) is 0.106. The minimum atomic E-state index is -0.787. The monoisotopic (exact) mass is 800 g/mol. The van der Waals surface area contributed by atoms with Crippen LogP contribution in [0.15, 0.2) is 79.9 Å². The van der Waals surface area contributed by atoms with Crippen LogP contribution in [0.3, 0.4) is 0 Å². The summed E-state index contributed by atoms with van der Waals surface area (Å²) in [6, 6.07) is 14.1. The molecule has 4 rings (SSSR count). The van der Waals surface area contributed by atoms with Crippen LogP contribution in [0.25, 0.3) is 0 Å². The maximum absolute atomic E-state index is 12.6. The smallest absolute Gasteiger partial charge is 0.338 e. The van der Waals surface area contributed by atoms with Gasteiger partial charge in [0.25, 0.3) is 5.91 Å². The molecule has 1 heterocycles. The van der Waals surface area contributed by atoms with E-state index in [9.17, 15) is 19.2 Å². The van der Waals surface area contributed by atoms with Gasteiger partial charge in [0.05, 0.1) is 52.7 Å². The molecule has 1 aliphatic rings. The van der Waals surface area contributed by atoms with Crippen LogP contribution < -0.4 is 30.3 Å². The third kappa shape index (κ3) is 9.83. The van der Waals surface area contributed by atoms with Crippen molar-refractivity contribution in [2.45, 2.75) is 33.4 Å². The lowest BCUT2D eigenvalue weighted by Gasteiger charge is -2.28. The molecule has 3 N–H and O–H groups in total. The number of nitrogens with zero attached hydrogens (tertiary/aromatic N) is 1. The summed E-state index contributed by atoms with van der Waals surface area (Å²) in [7, 11) is 1.43. The van der Waals surface area contributed by atoms with Crippen LogP contribution in [-0.4, -0.2) is 57.0 Å².